The number of nitrogens with two attached hydrogens (primary N) is 1. The lowest BCUT2D eigenvalue weighted by Gasteiger charge is -1.97. The molecule has 0 spiro atoms. The van der Waals surface area contributed by atoms with Crippen LogP contribution in [0.4, 0.5) is 5.69 Å². The maximum Gasteiger partial charge on any atom is 0.354 e. The van der Waals surface area contributed by atoms with Gasteiger partial charge in [0.05, 0.1) is 5.69 Å². The zero-order valence-electron chi connectivity index (χ0n) is 5.75. The number of carboxylic acids is 1. The van der Waals surface area contributed by atoms with Gasteiger partial charge in [0.1, 0.15) is 4.64 Å². The van der Waals surface area contributed by atoms with Crippen LogP contribution in [-0.4, -0.2) is 21.0 Å². The molecule has 0 atom stereocenters. The molecule has 0 aliphatic rings. The number of hydrogen-bond donors (Lipinski definition) is 4. The molecule has 0 aliphatic carbocycles. The van der Waals surface area contributed by atoms with E-state index in [1.807, 2.05) is 4.98 Å². The van der Waals surface area contributed by atoms with Crippen LogP contribution in [0, 0.1) is 4.64 Å². The number of nitrogen functional groups attached to an aromatic ring is 1. The lowest BCUT2D eigenvalue weighted by Crippen LogP contribution is -2.18. The molecule has 1 rings (SSSR count). The van der Waals surface area contributed by atoms with Gasteiger partial charge in [0.25, 0.3) is 0 Å². The van der Waals surface area contributed by atoms with Crippen molar-refractivity contribution in [1.82, 2.24) is 9.97 Å². The van der Waals surface area contributed by atoms with Gasteiger partial charge in [0.2, 0.25) is 0 Å². The monoisotopic (exact) mass is 187 g/mol. The molecule has 0 radical (unpaired) electrons. The van der Waals surface area contributed by atoms with Crippen molar-refractivity contribution in [3.8, 4) is 0 Å². The zero-order chi connectivity index (χ0) is 9.30. The summed E-state index contributed by atoms with van der Waals surface area (Å²) < 4.78 is -0.0730. The van der Waals surface area contributed by atoms with Crippen LogP contribution in [0.5, 0.6) is 0 Å². The number of carbonyl (C=O) groups is 1. The third kappa shape index (κ3) is 1.35. The lowest BCUT2D eigenvalue weighted by molar-refractivity contribution is 0.0691. The number of H-pyrrole nitrogens is 2. The van der Waals surface area contributed by atoms with Gasteiger partial charge in [-0.1, -0.05) is 12.2 Å². The second-order valence-corrected chi connectivity index (χ2v) is 2.41. The van der Waals surface area contributed by atoms with Gasteiger partial charge in [0.15, 0.2) is 5.69 Å². The second kappa shape index (κ2) is 2.78. The van der Waals surface area contributed by atoms with Crippen LogP contribution in [0.15, 0.2) is 4.79 Å². The molecule has 0 bridgehead atoms. The highest BCUT2D eigenvalue weighted by atomic mass is 32.1. The smallest absolute Gasteiger partial charge is 0.354 e. The molecule has 1 heterocycles. The largest absolute Gasteiger partial charge is 0.477 e. The Hall–Kier alpha value is -1.63. The number of aromatic carboxylic acids is 1. The Morgan fingerprint density at radius 2 is 2.08 bits per heavy atom. The predicted octanol–water partition coefficient (Wildman–Crippen LogP) is -0.287. The normalized spacial score (nSPS) is 9.67. The molecule has 1 aromatic rings. The Morgan fingerprint density at radius 3 is 2.58 bits per heavy atom. The van der Waals surface area contributed by atoms with E-state index in [0.29, 0.717) is 0 Å². The number of rotatable bonds is 1. The number of nitrogens with one attached hydrogen (secondary N) is 2. The highest BCUT2D eigenvalue weighted by Gasteiger charge is 2.09. The minimum Gasteiger partial charge on any atom is -0.477 e. The fraction of sp³-hybridized carbons (Fsp3) is 0. The summed E-state index contributed by atoms with van der Waals surface area (Å²) in [5.41, 5.74) is 4.05. The van der Waals surface area contributed by atoms with E-state index < -0.39 is 11.7 Å². The van der Waals surface area contributed by atoms with Crippen molar-refractivity contribution < 1.29 is 9.90 Å². The first-order valence-corrected chi connectivity index (χ1v) is 3.28. The topological polar surface area (TPSA) is 112 Å². The summed E-state index contributed by atoms with van der Waals surface area (Å²) in [6.45, 7) is 0. The molecule has 0 aromatic carbocycles. The molecule has 0 saturated carbocycles. The van der Waals surface area contributed by atoms with Gasteiger partial charge >= 0.3 is 11.7 Å². The van der Waals surface area contributed by atoms with E-state index >= 15 is 0 Å². The summed E-state index contributed by atoms with van der Waals surface area (Å²) in [4.78, 5) is 25.2. The first-order valence-electron chi connectivity index (χ1n) is 2.87. The molecular formula is C5H5N3O3S. The van der Waals surface area contributed by atoms with Crippen molar-refractivity contribution in [1.29, 1.82) is 0 Å². The van der Waals surface area contributed by atoms with Gasteiger partial charge < -0.3 is 10.8 Å². The van der Waals surface area contributed by atoms with Crippen molar-refractivity contribution in [3.63, 3.8) is 0 Å². The molecular weight excluding hydrogens is 182 g/mol. The second-order valence-electron chi connectivity index (χ2n) is 2.00. The Kier molecular flexibility index (Phi) is 1.96. The maximum atomic E-state index is 10.7. The summed E-state index contributed by atoms with van der Waals surface area (Å²) in [5.74, 6) is -1.32. The third-order valence-corrected chi connectivity index (χ3v) is 1.52. The Labute approximate surface area is 71.1 Å². The molecule has 0 unspecified atom stereocenters. The predicted molar refractivity (Wildman–Crippen MR) is 43.6 cm³/mol. The molecule has 64 valence electrons. The van der Waals surface area contributed by atoms with E-state index in [1.54, 1.807) is 0 Å². The quantitative estimate of drug-likeness (QED) is 0.451. The van der Waals surface area contributed by atoms with Gasteiger partial charge in [-0.05, 0) is 0 Å². The van der Waals surface area contributed by atoms with E-state index in [1.165, 1.54) is 0 Å². The van der Waals surface area contributed by atoms with Crippen molar-refractivity contribution in [2.75, 3.05) is 5.73 Å². The van der Waals surface area contributed by atoms with E-state index in [4.69, 9.17) is 10.8 Å². The van der Waals surface area contributed by atoms with Crippen molar-refractivity contribution >= 4 is 23.9 Å². The summed E-state index contributed by atoms with van der Waals surface area (Å²) in [5, 5.41) is 8.50. The molecule has 5 N–H and O–H groups in total. The Bertz CT molecular complexity index is 432. The van der Waals surface area contributed by atoms with Crippen molar-refractivity contribution in [2.45, 2.75) is 0 Å². The molecule has 1 aromatic heterocycles. The first-order chi connectivity index (χ1) is 5.52. The van der Waals surface area contributed by atoms with Gasteiger partial charge in [-0.3, -0.25) is 9.97 Å². The molecule has 0 fully saturated rings. The summed E-state index contributed by atoms with van der Waals surface area (Å²) in [7, 11) is 0. The van der Waals surface area contributed by atoms with E-state index in [-0.39, 0.29) is 16.0 Å². The standard InChI is InChI=1S/C5H5N3O3S/c6-1-2(4(9)10)7-5(11)8-3(1)12/h6H2,(H,9,10)(H2,7,8,11,12). The highest BCUT2D eigenvalue weighted by molar-refractivity contribution is 7.71. The zero-order valence-corrected chi connectivity index (χ0v) is 6.57. The van der Waals surface area contributed by atoms with E-state index in [9.17, 15) is 9.59 Å². The lowest BCUT2D eigenvalue weighted by atomic mass is 10.3. The van der Waals surface area contributed by atoms with Crippen molar-refractivity contribution in [2.24, 2.45) is 0 Å². The number of aromatic nitrogens is 2. The van der Waals surface area contributed by atoms with Crippen LogP contribution >= 0.6 is 12.2 Å². The van der Waals surface area contributed by atoms with Crippen molar-refractivity contribution in [3.05, 3.63) is 20.8 Å². The minimum atomic E-state index is -1.32. The summed E-state index contributed by atoms with van der Waals surface area (Å²) >= 11 is 4.58. The number of anilines is 1. The Morgan fingerprint density at radius 1 is 1.50 bits per heavy atom. The summed E-state index contributed by atoms with van der Waals surface area (Å²) in [6.07, 6.45) is 0. The number of hydrogen-bond acceptors (Lipinski definition) is 4. The number of carboxylic acid groups (broad SMARTS) is 1. The van der Waals surface area contributed by atoms with E-state index in [2.05, 4.69) is 17.2 Å². The maximum absolute atomic E-state index is 10.7. The SMILES string of the molecule is Nc1c(C(=O)O)[nH]c(=O)[nH]c1=S. The van der Waals surface area contributed by atoms with Crippen LogP contribution in [0.25, 0.3) is 0 Å². The molecule has 7 heteroatoms. The molecule has 0 aliphatic heterocycles. The van der Waals surface area contributed by atoms with Gasteiger partial charge in [-0.25, -0.2) is 9.59 Å². The van der Waals surface area contributed by atoms with Crippen LogP contribution in [0.1, 0.15) is 10.5 Å². The summed E-state index contributed by atoms with van der Waals surface area (Å²) in [6, 6.07) is 0. The van der Waals surface area contributed by atoms with E-state index in [0.717, 1.165) is 0 Å². The molecule has 12 heavy (non-hydrogen) atoms. The van der Waals surface area contributed by atoms with Crippen LogP contribution in [0.2, 0.25) is 0 Å². The fourth-order valence-electron chi connectivity index (χ4n) is 0.665. The minimum absolute atomic E-state index is 0.0730. The highest BCUT2D eigenvalue weighted by Crippen LogP contribution is 2.05. The van der Waals surface area contributed by atoms with Gasteiger partial charge in [0, 0.05) is 0 Å². The average molecular weight is 187 g/mol. The third-order valence-electron chi connectivity index (χ3n) is 1.19. The van der Waals surface area contributed by atoms with Crippen LogP contribution < -0.4 is 11.4 Å². The van der Waals surface area contributed by atoms with Crippen LogP contribution in [0.3, 0.4) is 0 Å². The Balaban J connectivity index is 3.59. The van der Waals surface area contributed by atoms with Crippen LogP contribution in [-0.2, 0) is 0 Å². The fourth-order valence-corrected chi connectivity index (χ4v) is 0.860. The molecule has 6 nitrogen and oxygen atoms in total. The average Bonchev–Trinajstić information content (AvgIpc) is 1.96. The van der Waals surface area contributed by atoms with Gasteiger partial charge in [-0.15, -0.1) is 0 Å². The molecule has 0 saturated heterocycles. The van der Waals surface area contributed by atoms with Gasteiger partial charge in [-0.2, -0.15) is 0 Å². The number of aromatic amines is 2. The first kappa shape index (κ1) is 8.47. The molecule has 0 amide bonds.